The van der Waals surface area contributed by atoms with Gasteiger partial charge >= 0.3 is 0 Å². The zero-order chi connectivity index (χ0) is 5.98. The molecule has 0 aromatic carbocycles. The third-order valence-electron chi connectivity index (χ3n) is 0.846. The van der Waals surface area contributed by atoms with Gasteiger partial charge in [-0.2, -0.15) is 17.0 Å². The Morgan fingerprint density at radius 1 is 1.88 bits per heavy atom. The van der Waals surface area contributed by atoms with Crippen LogP contribution in [-0.4, -0.2) is 4.37 Å². The van der Waals surface area contributed by atoms with E-state index in [-0.39, 0.29) is 0 Å². The minimum atomic E-state index is 0.683. The summed E-state index contributed by atoms with van der Waals surface area (Å²) in [5, 5.41) is 0.778. The molecule has 1 aromatic heterocycles. The Bertz CT molecular complexity index is 172. The molecule has 0 spiro atoms. The minimum absolute atomic E-state index is 0.683. The van der Waals surface area contributed by atoms with E-state index < -0.39 is 0 Å². The first kappa shape index (κ1) is 5.91. The smallest absolute Gasteiger partial charge is 0.110 e. The molecule has 4 heteroatoms. The van der Waals surface area contributed by atoms with Gasteiger partial charge in [-0.15, -0.1) is 0 Å². The van der Waals surface area contributed by atoms with Gasteiger partial charge in [0.2, 0.25) is 0 Å². The van der Waals surface area contributed by atoms with Crippen molar-refractivity contribution >= 4 is 29.2 Å². The van der Waals surface area contributed by atoms with Crippen molar-refractivity contribution in [3.8, 4) is 0 Å². The third kappa shape index (κ3) is 0.952. The quantitative estimate of drug-likeness (QED) is 0.583. The fraction of sp³-hybridized carbons (Fsp3) is 0.250. The number of aromatic nitrogens is 1. The van der Waals surface area contributed by atoms with Crippen LogP contribution in [0.2, 0.25) is 0 Å². The molecule has 0 aliphatic heterocycles. The minimum Gasteiger partial charge on any atom is -0.389 e. The van der Waals surface area contributed by atoms with Crippen molar-refractivity contribution in [2.24, 2.45) is 0 Å². The predicted octanol–water partition coefficient (Wildman–Crippen LogP) is 1.16. The van der Waals surface area contributed by atoms with E-state index in [0.29, 0.717) is 5.75 Å². The van der Waals surface area contributed by atoms with Crippen LogP contribution in [0.5, 0.6) is 0 Å². The molecule has 0 radical (unpaired) electrons. The van der Waals surface area contributed by atoms with Gasteiger partial charge in [0.25, 0.3) is 0 Å². The van der Waals surface area contributed by atoms with E-state index in [0.717, 1.165) is 10.6 Å². The van der Waals surface area contributed by atoms with Crippen molar-refractivity contribution in [1.29, 1.82) is 0 Å². The summed E-state index contributed by atoms with van der Waals surface area (Å²) in [4.78, 5) is 0. The van der Waals surface area contributed by atoms with Gasteiger partial charge in [-0.1, -0.05) is 0 Å². The van der Waals surface area contributed by atoms with Gasteiger partial charge in [0.1, 0.15) is 5.00 Å². The molecule has 1 aromatic rings. The van der Waals surface area contributed by atoms with Crippen LogP contribution >= 0.6 is 24.2 Å². The lowest BCUT2D eigenvalue weighted by atomic mass is 10.4. The van der Waals surface area contributed by atoms with Crippen molar-refractivity contribution in [3.05, 3.63) is 11.8 Å². The maximum atomic E-state index is 5.46. The Morgan fingerprint density at radius 2 is 2.62 bits per heavy atom. The second kappa shape index (κ2) is 2.37. The molecule has 0 amide bonds. The molecule has 0 saturated carbocycles. The summed E-state index contributed by atoms with van der Waals surface area (Å²) in [6, 6.07) is 0. The van der Waals surface area contributed by atoms with Crippen LogP contribution in [0.1, 0.15) is 5.56 Å². The summed E-state index contributed by atoms with van der Waals surface area (Å²) in [7, 11) is 0. The fourth-order valence-electron chi connectivity index (χ4n) is 0.388. The molecule has 0 bridgehead atoms. The average molecular weight is 146 g/mol. The average Bonchev–Trinajstić information content (AvgIpc) is 2.14. The number of hydrogen-bond acceptors (Lipinski definition) is 4. The summed E-state index contributed by atoms with van der Waals surface area (Å²) < 4.78 is 3.86. The van der Waals surface area contributed by atoms with Crippen molar-refractivity contribution in [1.82, 2.24) is 4.37 Å². The molecule has 1 rings (SSSR count). The molecule has 2 N–H and O–H groups in total. The Labute approximate surface area is 57.3 Å². The maximum Gasteiger partial charge on any atom is 0.110 e. The van der Waals surface area contributed by atoms with E-state index in [1.807, 2.05) is 0 Å². The van der Waals surface area contributed by atoms with Crippen LogP contribution < -0.4 is 5.73 Å². The number of nitrogen functional groups attached to an aromatic ring is 1. The van der Waals surface area contributed by atoms with Crippen molar-refractivity contribution in [3.63, 3.8) is 0 Å². The highest BCUT2D eigenvalue weighted by Crippen LogP contribution is 2.16. The highest BCUT2D eigenvalue weighted by molar-refractivity contribution is 7.79. The van der Waals surface area contributed by atoms with Gasteiger partial charge in [-0.05, 0) is 11.5 Å². The summed E-state index contributed by atoms with van der Waals surface area (Å²) >= 11 is 5.34. The summed E-state index contributed by atoms with van der Waals surface area (Å²) in [6.07, 6.45) is 1.74. The highest BCUT2D eigenvalue weighted by atomic mass is 32.1. The molecule has 0 aliphatic carbocycles. The van der Waals surface area contributed by atoms with Gasteiger partial charge < -0.3 is 5.73 Å². The molecule has 0 aliphatic rings. The Hall–Kier alpha value is -0.220. The topological polar surface area (TPSA) is 38.9 Å². The van der Waals surface area contributed by atoms with Gasteiger partial charge in [0.05, 0.1) is 0 Å². The van der Waals surface area contributed by atoms with Crippen molar-refractivity contribution < 1.29 is 0 Å². The Kier molecular flexibility index (Phi) is 1.75. The van der Waals surface area contributed by atoms with E-state index in [1.165, 1.54) is 11.5 Å². The number of anilines is 1. The molecule has 0 saturated heterocycles. The van der Waals surface area contributed by atoms with Crippen LogP contribution in [-0.2, 0) is 5.75 Å². The zero-order valence-corrected chi connectivity index (χ0v) is 5.88. The SMILES string of the molecule is Nc1sncc1CS. The lowest BCUT2D eigenvalue weighted by Crippen LogP contribution is -1.82. The zero-order valence-electron chi connectivity index (χ0n) is 4.16. The van der Waals surface area contributed by atoms with Crippen LogP contribution in [0.4, 0.5) is 5.00 Å². The lowest BCUT2D eigenvalue weighted by Gasteiger charge is -1.85. The molecule has 0 unspecified atom stereocenters. The first-order valence-electron chi connectivity index (χ1n) is 2.14. The first-order chi connectivity index (χ1) is 3.84. The van der Waals surface area contributed by atoms with Crippen LogP contribution in [0, 0.1) is 0 Å². The molecular formula is C4H6N2S2. The standard InChI is InChI=1S/C4H6N2S2/c5-4-3(2-7)1-6-8-4/h1,7H,2,5H2. The second-order valence-electron chi connectivity index (χ2n) is 1.37. The van der Waals surface area contributed by atoms with Crippen molar-refractivity contribution in [2.75, 3.05) is 5.73 Å². The van der Waals surface area contributed by atoms with Gasteiger partial charge in [-0.3, -0.25) is 0 Å². The number of nitrogens with two attached hydrogens (primary N) is 1. The van der Waals surface area contributed by atoms with Crippen molar-refractivity contribution in [2.45, 2.75) is 5.75 Å². The van der Waals surface area contributed by atoms with Crippen LogP contribution in [0.25, 0.3) is 0 Å². The normalized spacial score (nSPS) is 9.62. The van der Waals surface area contributed by atoms with E-state index in [1.54, 1.807) is 6.20 Å². The summed E-state index contributed by atoms with van der Waals surface area (Å²) in [5.41, 5.74) is 6.48. The van der Waals surface area contributed by atoms with E-state index in [9.17, 15) is 0 Å². The first-order valence-corrected chi connectivity index (χ1v) is 3.55. The molecule has 0 fully saturated rings. The van der Waals surface area contributed by atoms with E-state index >= 15 is 0 Å². The van der Waals surface area contributed by atoms with Gasteiger partial charge in [0.15, 0.2) is 0 Å². The third-order valence-corrected chi connectivity index (χ3v) is 1.86. The molecule has 44 valence electrons. The predicted molar refractivity (Wildman–Crippen MR) is 39.2 cm³/mol. The second-order valence-corrected chi connectivity index (χ2v) is 2.52. The fourth-order valence-corrected chi connectivity index (χ4v) is 1.28. The molecule has 1 heterocycles. The largest absolute Gasteiger partial charge is 0.389 e. The molecule has 0 atom stereocenters. The monoisotopic (exact) mass is 146 g/mol. The lowest BCUT2D eigenvalue weighted by molar-refractivity contribution is 1.42. The van der Waals surface area contributed by atoms with Gasteiger partial charge in [-0.25, -0.2) is 0 Å². The van der Waals surface area contributed by atoms with Crippen LogP contribution in [0.3, 0.4) is 0 Å². The van der Waals surface area contributed by atoms with E-state index in [4.69, 9.17) is 5.73 Å². The van der Waals surface area contributed by atoms with E-state index in [2.05, 4.69) is 17.0 Å². The number of thiol groups is 1. The molecule has 2 nitrogen and oxygen atoms in total. The summed E-state index contributed by atoms with van der Waals surface area (Å²) in [5.74, 6) is 0.683. The molecular weight excluding hydrogens is 140 g/mol. The van der Waals surface area contributed by atoms with Crippen LogP contribution in [0.15, 0.2) is 6.20 Å². The summed E-state index contributed by atoms with van der Waals surface area (Å²) in [6.45, 7) is 0. The molecule has 8 heavy (non-hydrogen) atoms. The number of rotatable bonds is 1. The highest BCUT2D eigenvalue weighted by Gasteiger charge is 1.95. The maximum absolute atomic E-state index is 5.46. The number of nitrogens with zero attached hydrogens (tertiary/aromatic N) is 1. The number of hydrogen-bond donors (Lipinski definition) is 2. The Morgan fingerprint density at radius 3 is 2.88 bits per heavy atom. The van der Waals surface area contributed by atoms with Gasteiger partial charge in [0, 0.05) is 17.5 Å². The Balaban J connectivity index is 2.92.